The number of carbonyl (C=O) groups is 2. The fourth-order valence-corrected chi connectivity index (χ4v) is 1.07. The Hall–Kier alpha value is -0.230. The van der Waals surface area contributed by atoms with Crippen LogP contribution in [0.15, 0.2) is 0 Å². The maximum atomic E-state index is 10.2. The van der Waals surface area contributed by atoms with E-state index in [1.165, 1.54) is 0 Å². The number of carboxylic acids is 2. The molecular weight excluding hydrogens is 269 g/mol. The Labute approximate surface area is 120 Å². The van der Waals surface area contributed by atoms with Crippen molar-refractivity contribution in [2.75, 3.05) is 13.2 Å². The molecule has 0 spiro atoms. The third kappa shape index (κ3) is 13.7. The van der Waals surface area contributed by atoms with E-state index in [4.69, 9.17) is 20.5 Å². The molecule has 0 rings (SSSR count). The number of aliphatic hydroxyl groups excluding tert-OH is 1. The van der Waals surface area contributed by atoms with Gasteiger partial charge in [0, 0.05) is 6.54 Å². The van der Waals surface area contributed by atoms with Gasteiger partial charge in [-0.15, -0.1) is 0 Å². The van der Waals surface area contributed by atoms with Crippen LogP contribution in [-0.2, 0) is 19.7 Å². The Bertz CT molecular complexity index is 327. The van der Waals surface area contributed by atoms with Crippen LogP contribution < -0.4 is 40.4 Å². The van der Waals surface area contributed by atoms with Crippen molar-refractivity contribution in [2.24, 2.45) is 5.73 Å². The first-order chi connectivity index (χ1) is 7.16. The molecule has 0 aliphatic rings. The minimum absolute atomic E-state index is 0. The summed E-state index contributed by atoms with van der Waals surface area (Å²) in [5.41, 5.74) is 4.78. The molecule has 17 heavy (non-hydrogen) atoms. The molecule has 0 aliphatic heterocycles. The summed E-state index contributed by atoms with van der Waals surface area (Å²) in [6.07, 6.45) is -1.22. The van der Waals surface area contributed by atoms with Gasteiger partial charge >= 0.3 is 35.5 Å². The van der Waals surface area contributed by atoms with Crippen molar-refractivity contribution in [3.8, 4) is 0 Å². The minimum Gasteiger partial charge on any atom is -0.549 e. The molecule has 96 valence electrons. The summed E-state index contributed by atoms with van der Waals surface area (Å²) >= 11 is 0. The van der Waals surface area contributed by atoms with Crippen LogP contribution in [0.3, 0.4) is 0 Å². The standard InChI is InChI=1S/C4H6O7S.C2H7NO.Na/c5-3(6)1-2(4(7)8)12(9,10)11;3-1-2-4;/h2H,1H2,(H,5,6)(H,7,8)(H,9,10,11);4H,1-3H2;/q;;+1/p-1. The molecule has 0 bridgehead atoms. The maximum Gasteiger partial charge on any atom is 1.00 e. The van der Waals surface area contributed by atoms with E-state index >= 15 is 0 Å². The molecule has 0 aromatic carbocycles. The molecule has 0 amide bonds. The van der Waals surface area contributed by atoms with E-state index in [9.17, 15) is 23.1 Å². The van der Waals surface area contributed by atoms with E-state index in [-0.39, 0.29) is 36.2 Å². The van der Waals surface area contributed by atoms with Crippen LogP contribution in [0.25, 0.3) is 0 Å². The van der Waals surface area contributed by atoms with E-state index in [1.54, 1.807) is 0 Å². The summed E-state index contributed by atoms with van der Waals surface area (Å²) in [6.45, 7) is 0.472. The zero-order valence-corrected chi connectivity index (χ0v) is 11.9. The molecule has 0 saturated heterocycles. The number of carboxylic acid groups (broad SMARTS) is 2. The zero-order chi connectivity index (χ0) is 13.4. The molecule has 0 radical (unpaired) electrons. The molecule has 0 fully saturated rings. The predicted molar refractivity (Wildman–Crippen MR) is 48.7 cm³/mol. The summed E-state index contributed by atoms with van der Waals surface area (Å²) in [5.74, 6) is -3.79. The third-order valence-electron chi connectivity index (χ3n) is 1.11. The van der Waals surface area contributed by atoms with Crippen LogP contribution in [0.2, 0.25) is 0 Å². The van der Waals surface area contributed by atoms with Crippen LogP contribution in [0.5, 0.6) is 0 Å². The number of hydrogen-bond acceptors (Lipinski definition) is 7. The number of aliphatic hydroxyl groups is 1. The topological polar surface area (TPSA) is 178 Å². The normalized spacial score (nSPS) is 11.5. The van der Waals surface area contributed by atoms with Gasteiger partial charge in [0.05, 0.1) is 19.0 Å². The van der Waals surface area contributed by atoms with Gasteiger partial charge in [0.2, 0.25) is 0 Å². The fraction of sp³-hybridized carbons (Fsp3) is 0.667. The number of aliphatic carboxylic acids is 2. The van der Waals surface area contributed by atoms with Crippen molar-refractivity contribution < 1.29 is 67.4 Å². The van der Waals surface area contributed by atoms with Crippen LogP contribution in [0.4, 0.5) is 0 Å². The maximum absolute atomic E-state index is 10.2. The van der Waals surface area contributed by atoms with Crippen LogP contribution >= 0.6 is 0 Å². The second-order valence-electron chi connectivity index (χ2n) is 2.43. The van der Waals surface area contributed by atoms with Crippen molar-refractivity contribution in [3.63, 3.8) is 0 Å². The van der Waals surface area contributed by atoms with Gasteiger partial charge in [-0.1, -0.05) is 0 Å². The number of nitrogens with two attached hydrogens (primary N) is 1. The third-order valence-corrected chi connectivity index (χ3v) is 2.19. The minimum atomic E-state index is -4.90. The van der Waals surface area contributed by atoms with Gasteiger partial charge < -0.3 is 25.8 Å². The SMILES string of the molecule is NCCO.O=C(O)CC(C(=O)[O-])S(=O)(=O)O.[Na+]. The monoisotopic (exact) mass is 281 g/mol. The van der Waals surface area contributed by atoms with Crippen molar-refractivity contribution in [1.82, 2.24) is 0 Å². The first-order valence-electron chi connectivity index (χ1n) is 3.86. The smallest absolute Gasteiger partial charge is 0.549 e. The summed E-state index contributed by atoms with van der Waals surface area (Å²) in [7, 11) is -4.90. The van der Waals surface area contributed by atoms with Gasteiger partial charge in [-0.05, 0) is 0 Å². The summed E-state index contributed by atoms with van der Waals surface area (Å²) in [4.78, 5) is 19.9. The molecule has 1 unspecified atom stereocenters. The largest absolute Gasteiger partial charge is 1.00 e. The molecule has 0 aliphatic carbocycles. The van der Waals surface area contributed by atoms with Crippen LogP contribution in [-0.4, -0.2) is 53.5 Å². The Kier molecular flexibility index (Phi) is 14.1. The molecule has 0 heterocycles. The zero-order valence-electron chi connectivity index (χ0n) is 9.07. The Morgan fingerprint density at radius 2 is 1.71 bits per heavy atom. The molecular formula is C6H12NNaO8S. The summed E-state index contributed by atoms with van der Waals surface area (Å²) < 4.78 is 28.5. The Morgan fingerprint density at radius 1 is 1.35 bits per heavy atom. The second kappa shape index (κ2) is 10.9. The van der Waals surface area contributed by atoms with Crippen LogP contribution in [0.1, 0.15) is 6.42 Å². The fourth-order valence-electron chi connectivity index (χ4n) is 0.469. The van der Waals surface area contributed by atoms with E-state index in [2.05, 4.69) is 0 Å². The molecule has 9 nitrogen and oxygen atoms in total. The van der Waals surface area contributed by atoms with Gasteiger partial charge in [0.15, 0.2) is 0 Å². The average Bonchev–Trinajstić information content (AvgIpc) is 2.12. The number of hydrogen-bond donors (Lipinski definition) is 4. The molecule has 0 aromatic heterocycles. The summed E-state index contributed by atoms with van der Waals surface area (Å²) in [6, 6.07) is 0. The van der Waals surface area contributed by atoms with Crippen molar-refractivity contribution in [2.45, 2.75) is 11.7 Å². The van der Waals surface area contributed by atoms with Gasteiger partial charge in [-0.25, -0.2) is 0 Å². The first-order valence-corrected chi connectivity index (χ1v) is 5.37. The van der Waals surface area contributed by atoms with E-state index in [0.717, 1.165) is 0 Å². The Morgan fingerprint density at radius 3 is 1.76 bits per heavy atom. The van der Waals surface area contributed by atoms with E-state index in [1.807, 2.05) is 0 Å². The van der Waals surface area contributed by atoms with E-state index in [0.29, 0.717) is 6.54 Å². The summed E-state index contributed by atoms with van der Waals surface area (Å²) in [5, 5.41) is 23.3. The van der Waals surface area contributed by atoms with Gasteiger partial charge in [-0.3, -0.25) is 9.35 Å². The first kappa shape index (κ1) is 22.0. The molecule has 0 saturated carbocycles. The number of carbonyl (C=O) groups excluding carboxylic acids is 1. The quantitative estimate of drug-likeness (QED) is 0.281. The van der Waals surface area contributed by atoms with Gasteiger partial charge in [0.25, 0.3) is 10.1 Å². The Balaban J connectivity index is -0.000000340. The van der Waals surface area contributed by atoms with E-state index < -0.39 is 33.7 Å². The molecule has 5 N–H and O–H groups in total. The predicted octanol–water partition coefficient (Wildman–Crippen LogP) is -6.59. The molecule has 0 aromatic rings. The van der Waals surface area contributed by atoms with Crippen molar-refractivity contribution in [1.29, 1.82) is 0 Å². The van der Waals surface area contributed by atoms with Crippen molar-refractivity contribution >= 4 is 22.1 Å². The van der Waals surface area contributed by atoms with Gasteiger partial charge in [-0.2, -0.15) is 8.42 Å². The average molecular weight is 281 g/mol. The number of rotatable bonds is 5. The molecule has 1 atom stereocenters. The van der Waals surface area contributed by atoms with Gasteiger partial charge in [0.1, 0.15) is 5.25 Å². The van der Waals surface area contributed by atoms with Crippen LogP contribution in [0, 0.1) is 0 Å². The van der Waals surface area contributed by atoms with Crippen molar-refractivity contribution in [3.05, 3.63) is 0 Å². The second-order valence-corrected chi connectivity index (χ2v) is 4.03. The molecule has 11 heteroatoms.